The Bertz CT molecular complexity index is 1130. The predicted octanol–water partition coefficient (Wildman–Crippen LogP) is 1.96. The summed E-state index contributed by atoms with van der Waals surface area (Å²) in [5.74, 6) is -0.826. The van der Waals surface area contributed by atoms with Crippen LogP contribution in [0, 0.1) is 6.92 Å². The van der Waals surface area contributed by atoms with Crippen molar-refractivity contribution in [1.82, 2.24) is 20.0 Å². The molecule has 1 amide bonds. The van der Waals surface area contributed by atoms with Crippen LogP contribution in [-0.2, 0) is 0 Å². The van der Waals surface area contributed by atoms with Crippen molar-refractivity contribution in [3.63, 3.8) is 0 Å². The summed E-state index contributed by atoms with van der Waals surface area (Å²) in [5.41, 5.74) is 0.482. The number of nitrogens with one attached hydrogen (secondary N) is 2. The molecule has 3 heterocycles. The van der Waals surface area contributed by atoms with Gasteiger partial charge in [0.2, 0.25) is 16.0 Å². The van der Waals surface area contributed by atoms with E-state index in [0.717, 1.165) is 29.9 Å². The van der Waals surface area contributed by atoms with Crippen LogP contribution in [0.2, 0.25) is 0 Å². The average Bonchev–Trinajstić information content (AvgIpc) is 3.38. The zero-order valence-corrected chi connectivity index (χ0v) is 17.8. The number of aryl methyl sites for hydroxylation is 1. The quantitative estimate of drug-likeness (QED) is 0.517. The van der Waals surface area contributed by atoms with E-state index in [0.29, 0.717) is 23.7 Å². The minimum absolute atomic E-state index is 0.00460. The highest BCUT2D eigenvalue weighted by molar-refractivity contribution is 7.17. The fourth-order valence-corrected chi connectivity index (χ4v) is 4.17. The first-order chi connectivity index (χ1) is 14.9. The van der Waals surface area contributed by atoms with Gasteiger partial charge in [0.25, 0.3) is 5.91 Å². The van der Waals surface area contributed by atoms with Crippen LogP contribution in [-0.4, -0.2) is 50.2 Å². The van der Waals surface area contributed by atoms with Crippen molar-refractivity contribution >= 4 is 28.1 Å². The van der Waals surface area contributed by atoms with Crippen molar-refractivity contribution < 1.29 is 19.1 Å². The van der Waals surface area contributed by atoms with Crippen molar-refractivity contribution in [2.45, 2.75) is 44.8 Å². The number of nitrogens with zero attached hydrogens (tertiary/aromatic N) is 4. The molecule has 4 rings (SSSR count). The van der Waals surface area contributed by atoms with E-state index in [4.69, 9.17) is 9.15 Å². The summed E-state index contributed by atoms with van der Waals surface area (Å²) in [6.45, 7) is 1.88. The zero-order valence-electron chi connectivity index (χ0n) is 17.0. The maximum Gasteiger partial charge on any atom is 0.381 e. The topological polar surface area (TPSA) is 144 Å². The lowest BCUT2D eigenvalue weighted by atomic mass is 9.93. The second kappa shape index (κ2) is 8.86. The maximum absolute atomic E-state index is 12.7. The number of carbonyl (C=O) groups excluding carboxylic acids is 1. The number of aromatic nitrogens is 4. The molecule has 3 aromatic heterocycles. The molecule has 0 unspecified atom stereocenters. The number of aliphatic hydroxyl groups is 1. The molecule has 0 aliphatic heterocycles. The minimum atomic E-state index is -0.765. The molecule has 0 bridgehead atoms. The SMILES string of the molecule is COc1c(NC2CCC(O)CC2)cc(C(=O)Nc2nnc(-n3nccc3C)s2)oc1=O. The van der Waals surface area contributed by atoms with Gasteiger partial charge >= 0.3 is 5.63 Å². The van der Waals surface area contributed by atoms with Gasteiger partial charge in [-0.3, -0.25) is 10.1 Å². The Morgan fingerprint density at radius 1 is 1.32 bits per heavy atom. The third kappa shape index (κ3) is 4.59. The number of hydrogen-bond donors (Lipinski definition) is 3. The number of hydrogen-bond acceptors (Lipinski definition) is 10. The molecule has 1 fully saturated rings. The van der Waals surface area contributed by atoms with Crippen molar-refractivity contribution in [1.29, 1.82) is 0 Å². The standard InChI is InChI=1S/C19H22N6O5S/c1-10-7-8-20-25(10)19-24-23-18(31-19)22-16(27)14-9-13(15(29-2)17(28)30-14)21-11-3-5-12(26)6-4-11/h7-9,11-12,21,26H,3-6H2,1-2H3,(H,22,23,27). The number of aliphatic hydroxyl groups excluding tert-OH is 1. The molecule has 3 N–H and O–H groups in total. The Hall–Kier alpha value is -3.25. The molecule has 1 aliphatic rings. The van der Waals surface area contributed by atoms with Crippen molar-refractivity contribution in [2.75, 3.05) is 17.7 Å². The Morgan fingerprint density at radius 3 is 2.77 bits per heavy atom. The maximum atomic E-state index is 12.7. The lowest BCUT2D eigenvalue weighted by Gasteiger charge is -2.27. The molecular formula is C19H22N6O5S. The lowest BCUT2D eigenvalue weighted by molar-refractivity contribution is 0.0991. The monoisotopic (exact) mass is 446 g/mol. The van der Waals surface area contributed by atoms with Crippen LogP contribution < -0.4 is 21.0 Å². The number of rotatable bonds is 6. The van der Waals surface area contributed by atoms with Gasteiger partial charge in [-0.25, -0.2) is 9.48 Å². The Balaban J connectivity index is 1.53. The highest BCUT2D eigenvalue weighted by Crippen LogP contribution is 2.28. The lowest BCUT2D eigenvalue weighted by Crippen LogP contribution is -2.29. The van der Waals surface area contributed by atoms with E-state index in [-0.39, 0.29) is 28.8 Å². The smallest absolute Gasteiger partial charge is 0.381 e. The van der Waals surface area contributed by atoms with Crippen LogP contribution in [0.15, 0.2) is 27.5 Å². The Kier molecular flexibility index (Phi) is 6.00. The highest BCUT2D eigenvalue weighted by Gasteiger charge is 2.23. The molecule has 1 saturated carbocycles. The summed E-state index contributed by atoms with van der Waals surface area (Å²) in [5, 5.41) is 28.4. The highest BCUT2D eigenvalue weighted by atomic mass is 32.1. The van der Waals surface area contributed by atoms with E-state index in [2.05, 4.69) is 25.9 Å². The molecule has 12 heteroatoms. The van der Waals surface area contributed by atoms with Crippen LogP contribution in [0.25, 0.3) is 5.13 Å². The second-order valence-corrected chi connectivity index (χ2v) is 8.18. The molecule has 0 spiro atoms. The molecule has 1 aliphatic carbocycles. The van der Waals surface area contributed by atoms with Gasteiger partial charge in [-0.15, -0.1) is 10.2 Å². The fraction of sp³-hybridized carbons (Fsp3) is 0.421. The van der Waals surface area contributed by atoms with E-state index < -0.39 is 11.5 Å². The number of methoxy groups -OCH3 is 1. The van der Waals surface area contributed by atoms with Gasteiger partial charge in [-0.2, -0.15) is 5.10 Å². The van der Waals surface area contributed by atoms with Gasteiger partial charge in [0.15, 0.2) is 5.76 Å². The summed E-state index contributed by atoms with van der Waals surface area (Å²) in [4.78, 5) is 25.0. The molecule has 11 nitrogen and oxygen atoms in total. The summed E-state index contributed by atoms with van der Waals surface area (Å²) >= 11 is 1.13. The van der Waals surface area contributed by atoms with E-state index in [1.807, 2.05) is 13.0 Å². The summed E-state index contributed by atoms with van der Waals surface area (Å²) in [6.07, 6.45) is 4.17. The van der Waals surface area contributed by atoms with E-state index in [1.165, 1.54) is 13.2 Å². The molecule has 0 radical (unpaired) electrons. The number of anilines is 2. The Labute approximate surface area is 181 Å². The van der Waals surface area contributed by atoms with E-state index >= 15 is 0 Å². The van der Waals surface area contributed by atoms with E-state index in [9.17, 15) is 14.7 Å². The summed E-state index contributed by atoms with van der Waals surface area (Å²) in [6, 6.07) is 3.31. The van der Waals surface area contributed by atoms with Crippen LogP contribution in [0.3, 0.4) is 0 Å². The number of ether oxygens (including phenoxy) is 1. The average molecular weight is 446 g/mol. The summed E-state index contributed by atoms with van der Waals surface area (Å²) in [7, 11) is 1.36. The summed E-state index contributed by atoms with van der Waals surface area (Å²) < 4.78 is 11.9. The van der Waals surface area contributed by atoms with Gasteiger partial charge in [0.05, 0.1) is 18.9 Å². The molecule has 164 valence electrons. The van der Waals surface area contributed by atoms with Gasteiger partial charge in [0, 0.05) is 24.0 Å². The number of carbonyl (C=O) groups is 1. The van der Waals surface area contributed by atoms with Crippen LogP contribution in [0.4, 0.5) is 10.8 Å². The minimum Gasteiger partial charge on any atom is -0.488 e. The van der Waals surface area contributed by atoms with Crippen LogP contribution in [0.1, 0.15) is 41.9 Å². The van der Waals surface area contributed by atoms with Crippen LogP contribution in [0.5, 0.6) is 5.75 Å². The Morgan fingerprint density at radius 2 is 2.10 bits per heavy atom. The largest absolute Gasteiger partial charge is 0.488 e. The van der Waals surface area contributed by atoms with Gasteiger partial charge < -0.3 is 19.6 Å². The van der Waals surface area contributed by atoms with Gasteiger partial charge in [-0.05, 0) is 38.7 Å². The fourth-order valence-electron chi connectivity index (χ4n) is 3.41. The molecule has 31 heavy (non-hydrogen) atoms. The van der Waals surface area contributed by atoms with E-state index in [1.54, 1.807) is 10.9 Å². The third-order valence-corrected chi connectivity index (χ3v) is 5.85. The van der Waals surface area contributed by atoms with Crippen molar-refractivity contribution in [2.24, 2.45) is 0 Å². The molecular weight excluding hydrogens is 424 g/mol. The molecule has 0 atom stereocenters. The van der Waals surface area contributed by atoms with Crippen molar-refractivity contribution in [3.05, 3.63) is 40.2 Å². The molecule has 0 aromatic carbocycles. The normalized spacial score (nSPS) is 18.5. The first-order valence-electron chi connectivity index (χ1n) is 9.77. The zero-order chi connectivity index (χ0) is 22.0. The molecule has 3 aromatic rings. The van der Waals surface area contributed by atoms with Crippen molar-refractivity contribution in [3.8, 4) is 10.9 Å². The van der Waals surface area contributed by atoms with Gasteiger partial charge in [0.1, 0.15) is 0 Å². The number of amides is 1. The third-order valence-electron chi connectivity index (χ3n) is 5.04. The first-order valence-corrected chi connectivity index (χ1v) is 10.6. The predicted molar refractivity (Wildman–Crippen MR) is 113 cm³/mol. The first kappa shape index (κ1) is 21.0. The molecule has 0 saturated heterocycles. The van der Waals surface area contributed by atoms with Gasteiger partial charge in [-0.1, -0.05) is 11.3 Å². The second-order valence-electron chi connectivity index (χ2n) is 7.22. The van der Waals surface area contributed by atoms with Crippen LogP contribution >= 0.6 is 11.3 Å².